The number of carbonyl (C=O) groups is 2. The standard InChI is InChI=1S/C20H26BrN3O5/c1-24-9-14(21)15(8-16(24)25)29-13-4-2-12(3-5-13)22-17(26)19-6-7-20(10-19,11-19)23-18(27)28/h8-9,12-13,23H,2-7,10-11H2,1H3,(H,22,26)(H,27,28). The zero-order valence-electron chi connectivity index (χ0n) is 16.4. The van der Waals surface area contributed by atoms with Gasteiger partial charge < -0.3 is 25.0 Å². The van der Waals surface area contributed by atoms with Crippen molar-refractivity contribution in [3.05, 3.63) is 27.1 Å². The summed E-state index contributed by atoms with van der Waals surface area (Å²) in [6, 6.07) is 1.61. The van der Waals surface area contributed by atoms with Gasteiger partial charge in [0.25, 0.3) is 5.56 Å². The lowest BCUT2D eigenvalue weighted by Crippen LogP contribution is -2.60. The third-order valence-corrected chi connectivity index (χ3v) is 7.33. The van der Waals surface area contributed by atoms with Crippen molar-refractivity contribution >= 4 is 27.9 Å². The highest BCUT2D eigenvalue weighted by Crippen LogP contribution is 2.61. The number of nitrogens with one attached hydrogen (secondary N) is 2. The molecule has 4 aliphatic carbocycles. The first-order valence-corrected chi connectivity index (χ1v) is 10.8. The molecule has 0 spiro atoms. The van der Waals surface area contributed by atoms with E-state index in [1.54, 1.807) is 13.2 Å². The molecule has 8 nitrogen and oxygen atoms in total. The van der Waals surface area contributed by atoms with Gasteiger partial charge in [0.2, 0.25) is 5.91 Å². The first kappa shape index (κ1) is 20.3. The highest BCUT2D eigenvalue weighted by molar-refractivity contribution is 9.10. The molecule has 3 N–H and O–H groups in total. The maximum absolute atomic E-state index is 12.8. The fourth-order valence-corrected chi connectivity index (χ4v) is 5.76. The molecule has 4 aliphatic rings. The summed E-state index contributed by atoms with van der Waals surface area (Å²) < 4.78 is 8.26. The lowest BCUT2D eigenvalue weighted by Gasteiger charge is -2.46. The van der Waals surface area contributed by atoms with Gasteiger partial charge in [0, 0.05) is 30.9 Å². The van der Waals surface area contributed by atoms with E-state index in [-0.39, 0.29) is 23.6 Å². The van der Waals surface area contributed by atoms with E-state index in [1.807, 2.05) is 0 Å². The topological polar surface area (TPSA) is 110 Å². The predicted octanol–water partition coefficient (Wildman–Crippen LogP) is 2.53. The van der Waals surface area contributed by atoms with Crippen molar-refractivity contribution in [1.29, 1.82) is 0 Å². The van der Waals surface area contributed by atoms with E-state index in [2.05, 4.69) is 26.6 Å². The molecule has 2 amide bonds. The molecule has 0 aliphatic heterocycles. The number of carboxylic acid groups (broad SMARTS) is 1. The summed E-state index contributed by atoms with van der Waals surface area (Å²) in [7, 11) is 1.69. The summed E-state index contributed by atoms with van der Waals surface area (Å²) in [6.07, 6.45) is 6.67. The smallest absolute Gasteiger partial charge is 0.405 e. The second-order valence-electron chi connectivity index (χ2n) is 8.84. The van der Waals surface area contributed by atoms with Crippen molar-refractivity contribution in [3.8, 4) is 5.75 Å². The molecule has 158 valence electrons. The number of carbonyl (C=O) groups excluding carboxylic acids is 1. The van der Waals surface area contributed by atoms with Crippen molar-refractivity contribution in [1.82, 2.24) is 15.2 Å². The molecule has 0 unspecified atom stereocenters. The second kappa shape index (κ2) is 7.34. The zero-order valence-corrected chi connectivity index (χ0v) is 18.0. The summed E-state index contributed by atoms with van der Waals surface area (Å²) in [5, 5.41) is 14.8. The second-order valence-corrected chi connectivity index (χ2v) is 9.70. The number of pyridine rings is 1. The van der Waals surface area contributed by atoms with Gasteiger partial charge in [-0.15, -0.1) is 0 Å². The molecule has 5 rings (SSSR count). The van der Waals surface area contributed by atoms with Gasteiger partial charge in [0.1, 0.15) is 5.75 Å². The number of aromatic nitrogens is 1. The first-order valence-electron chi connectivity index (χ1n) is 10.1. The van der Waals surface area contributed by atoms with Crippen LogP contribution in [0, 0.1) is 5.41 Å². The Hall–Kier alpha value is -2.03. The lowest BCUT2D eigenvalue weighted by atomic mass is 9.64. The Kier molecular flexibility index (Phi) is 5.13. The Morgan fingerprint density at radius 3 is 2.59 bits per heavy atom. The van der Waals surface area contributed by atoms with Crippen LogP contribution >= 0.6 is 15.9 Å². The van der Waals surface area contributed by atoms with Crippen molar-refractivity contribution in [2.24, 2.45) is 12.5 Å². The monoisotopic (exact) mass is 467 g/mol. The molecule has 1 heterocycles. The maximum atomic E-state index is 12.8. The SMILES string of the molecule is Cn1cc(Br)c(OC2CCC(NC(=O)C34CCC(NC(=O)O)(C3)C4)CC2)cc1=O. The molecule has 0 aromatic carbocycles. The summed E-state index contributed by atoms with van der Waals surface area (Å²) in [4.78, 5) is 35.6. The van der Waals surface area contributed by atoms with Crippen LogP contribution < -0.4 is 20.9 Å². The minimum atomic E-state index is -1.01. The highest BCUT2D eigenvalue weighted by atomic mass is 79.9. The Morgan fingerprint density at radius 2 is 1.93 bits per heavy atom. The van der Waals surface area contributed by atoms with Crippen LogP contribution in [0.2, 0.25) is 0 Å². The zero-order chi connectivity index (χ0) is 20.8. The number of ether oxygens (including phenoxy) is 1. The van der Waals surface area contributed by atoms with Gasteiger partial charge in [-0.3, -0.25) is 9.59 Å². The summed E-state index contributed by atoms with van der Waals surface area (Å²) >= 11 is 3.44. The highest BCUT2D eigenvalue weighted by Gasteiger charge is 2.65. The van der Waals surface area contributed by atoms with Crippen molar-refractivity contribution < 1.29 is 19.4 Å². The van der Waals surface area contributed by atoms with E-state index >= 15 is 0 Å². The minimum absolute atomic E-state index is 0.0207. The van der Waals surface area contributed by atoms with E-state index < -0.39 is 17.0 Å². The van der Waals surface area contributed by atoms with E-state index in [0.29, 0.717) is 18.6 Å². The Labute approximate surface area is 177 Å². The number of halogens is 1. The number of rotatable bonds is 5. The van der Waals surface area contributed by atoms with Crippen LogP contribution in [0.25, 0.3) is 0 Å². The third-order valence-electron chi connectivity index (χ3n) is 6.74. The van der Waals surface area contributed by atoms with Crippen LogP contribution in [-0.4, -0.2) is 39.4 Å². The molecule has 4 saturated carbocycles. The van der Waals surface area contributed by atoms with Crippen LogP contribution in [0.4, 0.5) is 4.79 Å². The Balaban J connectivity index is 1.27. The molecule has 0 atom stereocenters. The third kappa shape index (κ3) is 3.89. The molecule has 1 aromatic rings. The summed E-state index contributed by atoms with van der Waals surface area (Å²) in [5.41, 5.74) is -0.909. The predicted molar refractivity (Wildman–Crippen MR) is 109 cm³/mol. The molecule has 4 fully saturated rings. The normalized spacial score (nSPS) is 32.9. The van der Waals surface area contributed by atoms with E-state index in [0.717, 1.165) is 43.0 Å². The number of nitrogens with zero attached hydrogens (tertiary/aromatic N) is 1. The lowest BCUT2D eigenvalue weighted by molar-refractivity contribution is -0.137. The van der Waals surface area contributed by atoms with Gasteiger partial charge in [-0.05, 0) is 67.3 Å². The van der Waals surface area contributed by atoms with Crippen molar-refractivity contribution in [3.63, 3.8) is 0 Å². The van der Waals surface area contributed by atoms with Gasteiger partial charge >= 0.3 is 6.09 Å². The van der Waals surface area contributed by atoms with E-state index in [1.165, 1.54) is 10.6 Å². The van der Waals surface area contributed by atoms with Crippen LogP contribution in [0.1, 0.15) is 51.4 Å². The van der Waals surface area contributed by atoms with Gasteiger partial charge in [-0.1, -0.05) is 0 Å². The Morgan fingerprint density at radius 1 is 1.24 bits per heavy atom. The molecule has 1 aromatic heterocycles. The molecule has 0 radical (unpaired) electrons. The summed E-state index contributed by atoms with van der Waals surface area (Å²) in [6.45, 7) is 0. The summed E-state index contributed by atoms with van der Waals surface area (Å²) in [5.74, 6) is 0.624. The minimum Gasteiger partial charge on any atom is -0.489 e. The molecule has 29 heavy (non-hydrogen) atoms. The fourth-order valence-electron chi connectivity index (χ4n) is 5.24. The average molecular weight is 468 g/mol. The molecular formula is C20H26BrN3O5. The van der Waals surface area contributed by atoms with Gasteiger partial charge in [0.15, 0.2) is 0 Å². The van der Waals surface area contributed by atoms with Gasteiger partial charge in [-0.25, -0.2) is 4.79 Å². The van der Waals surface area contributed by atoms with Crippen LogP contribution in [0.15, 0.2) is 21.5 Å². The number of amides is 2. The number of hydrogen-bond donors (Lipinski definition) is 3. The Bertz CT molecular complexity index is 885. The number of aryl methyl sites for hydroxylation is 1. The van der Waals surface area contributed by atoms with Crippen LogP contribution in [0.3, 0.4) is 0 Å². The van der Waals surface area contributed by atoms with E-state index in [4.69, 9.17) is 9.84 Å². The number of hydrogen-bond acceptors (Lipinski definition) is 4. The number of fused-ring (bicyclic) bond motifs is 1. The quantitative estimate of drug-likeness (QED) is 0.616. The molecule has 2 bridgehead atoms. The van der Waals surface area contributed by atoms with Crippen LogP contribution in [0.5, 0.6) is 5.75 Å². The largest absolute Gasteiger partial charge is 0.489 e. The molecular weight excluding hydrogens is 442 g/mol. The fraction of sp³-hybridized carbons (Fsp3) is 0.650. The first-order chi connectivity index (χ1) is 13.7. The van der Waals surface area contributed by atoms with Crippen molar-refractivity contribution in [2.75, 3.05) is 0 Å². The van der Waals surface area contributed by atoms with Crippen LogP contribution in [-0.2, 0) is 11.8 Å². The average Bonchev–Trinajstić information content (AvgIpc) is 3.17. The van der Waals surface area contributed by atoms with E-state index in [9.17, 15) is 14.4 Å². The maximum Gasteiger partial charge on any atom is 0.405 e. The van der Waals surface area contributed by atoms with Gasteiger partial charge in [0.05, 0.1) is 16.0 Å². The molecule has 9 heteroatoms. The molecule has 0 saturated heterocycles. The van der Waals surface area contributed by atoms with Crippen molar-refractivity contribution in [2.45, 2.75) is 69.1 Å². The van der Waals surface area contributed by atoms with Gasteiger partial charge in [-0.2, -0.15) is 0 Å².